The Labute approximate surface area is 112 Å². The summed E-state index contributed by atoms with van der Waals surface area (Å²) in [7, 11) is 0. The lowest BCUT2D eigenvalue weighted by atomic mass is 10.0. The molecule has 3 rings (SSSR count). The second-order valence-electron chi connectivity index (χ2n) is 5.48. The van der Waals surface area contributed by atoms with Gasteiger partial charge in [0, 0.05) is 24.3 Å². The van der Waals surface area contributed by atoms with Gasteiger partial charge in [-0.1, -0.05) is 18.0 Å². The summed E-state index contributed by atoms with van der Waals surface area (Å²) in [6.07, 6.45) is 3.90. The number of aryl methyl sites for hydroxylation is 1. The molecule has 0 spiro atoms. The molecule has 2 fully saturated rings. The Morgan fingerprint density at radius 1 is 1.33 bits per heavy atom. The van der Waals surface area contributed by atoms with Gasteiger partial charge in [-0.3, -0.25) is 4.79 Å². The number of amides is 1. The smallest absolute Gasteiger partial charge is 0.254 e. The van der Waals surface area contributed by atoms with E-state index in [9.17, 15) is 4.79 Å². The van der Waals surface area contributed by atoms with Crippen molar-refractivity contribution in [3.63, 3.8) is 0 Å². The Balaban J connectivity index is 1.78. The van der Waals surface area contributed by atoms with Crippen molar-refractivity contribution in [3.05, 3.63) is 28.5 Å². The molecule has 1 amide bonds. The molecule has 0 N–H and O–H groups in total. The molecule has 3 nitrogen and oxygen atoms in total. The first-order valence-corrected chi connectivity index (χ1v) is 6.95. The predicted octanol–water partition coefficient (Wildman–Crippen LogP) is 2.92. The normalized spacial score (nSPS) is 26.4. The zero-order valence-electron chi connectivity index (χ0n) is 10.5. The van der Waals surface area contributed by atoms with E-state index in [0.717, 1.165) is 30.6 Å². The molecule has 0 radical (unpaired) electrons. The van der Waals surface area contributed by atoms with Crippen LogP contribution in [0, 0.1) is 18.8 Å². The molecule has 1 saturated carbocycles. The van der Waals surface area contributed by atoms with E-state index in [2.05, 4.69) is 4.98 Å². The van der Waals surface area contributed by atoms with Crippen molar-refractivity contribution in [1.82, 2.24) is 9.88 Å². The molecule has 2 atom stereocenters. The third-order valence-corrected chi connectivity index (χ3v) is 4.38. The fourth-order valence-electron chi connectivity index (χ4n) is 3.33. The second kappa shape index (κ2) is 4.54. The Kier molecular flexibility index (Phi) is 3.02. The molecule has 0 bridgehead atoms. The van der Waals surface area contributed by atoms with Crippen LogP contribution in [0.15, 0.2) is 12.1 Å². The minimum Gasteiger partial charge on any atom is -0.338 e. The number of carbonyl (C=O) groups excluding carboxylic acids is 1. The van der Waals surface area contributed by atoms with Crippen LogP contribution in [0.2, 0.25) is 5.15 Å². The lowest BCUT2D eigenvalue weighted by molar-refractivity contribution is 0.0780. The van der Waals surface area contributed by atoms with Crippen molar-refractivity contribution >= 4 is 17.5 Å². The number of likely N-dealkylation sites (tertiary alicyclic amines) is 1. The van der Waals surface area contributed by atoms with E-state index >= 15 is 0 Å². The van der Waals surface area contributed by atoms with Gasteiger partial charge in [-0.15, -0.1) is 0 Å². The maximum atomic E-state index is 12.4. The molecule has 4 heteroatoms. The molecule has 18 heavy (non-hydrogen) atoms. The van der Waals surface area contributed by atoms with E-state index in [4.69, 9.17) is 11.6 Å². The van der Waals surface area contributed by atoms with Crippen LogP contribution in [-0.2, 0) is 0 Å². The standard InChI is InChI=1S/C14H17ClN2O/c1-9-5-12(6-13(15)16-9)14(18)17-7-10-3-2-4-11(10)8-17/h5-6,10-11H,2-4,7-8H2,1H3. The molecule has 1 saturated heterocycles. The van der Waals surface area contributed by atoms with Crippen molar-refractivity contribution in [2.45, 2.75) is 26.2 Å². The fraction of sp³-hybridized carbons (Fsp3) is 0.571. The Hall–Kier alpha value is -1.09. The summed E-state index contributed by atoms with van der Waals surface area (Å²) in [4.78, 5) is 18.5. The second-order valence-corrected chi connectivity index (χ2v) is 5.87. The molecular formula is C14H17ClN2O. The molecule has 2 unspecified atom stereocenters. The molecule has 1 aromatic rings. The monoisotopic (exact) mass is 264 g/mol. The van der Waals surface area contributed by atoms with Gasteiger partial charge in [-0.25, -0.2) is 4.98 Å². The molecule has 1 aliphatic heterocycles. The van der Waals surface area contributed by atoms with Crippen molar-refractivity contribution in [2.24, 2.45) is 11.8 Å². The lowest BCUT2D eigenvalue weighted by Gasteiger charge is -2.17. The van der Waals surface area contributed by atoms with Gasteiger partial charge in [-0.05, 0) is 43.7 Å². The maximum Gasteiger partial charge on any atom is 0.254 e. The van der Waals surface area contributed by atoms with Crippen LogP contribution in [0.3, 0.4) is 0 Å². The van der Waals surface area contributed by atoms with Gasteiger partial charge in [0.25, 0.3) is 5.91 Å². The minimum atomic E-state index is 0.108. The molecule has 2 aliphatic rings. The van der Waals surface area contributed by atoms with Crippen LogP contribution in [0.1, 0.15) is 35.3 Å². The number of aromatic nitrogens is 1. The van der Waals surface area contributed by atoms with E-state index in [1.807, 2.05) is 17.9 Å². The van der Waals surface area contributed by atoms with Crippen molar-refractivity contribution < 1.29 is 4.79 Å². The van der Waals surface area contributed by atoms with Gasteiger partial charge in [0.05, 0.1) is 0 Å². The summed E-state index contributed by atoms with van der Waals surface area (Å²) in [5.41, 5.74) is 1.47. The van der Waals surface area contributed by atoms with Crippen molar-refractivity contribution in [2.75, 3.05) is 13.1 Å². The SMILES string of the molecule is Cc1cc(C(=O)N2CC3CCCC3C2)cc(Cl)n1. The molecule has 1 aromatic heterocycles. The Morgan fingerprint density at radius 2 is 2.00 bits per heavy atom. The highest BCUT2D eigenvalue weighted by atomic mass is 35.5. The topological polar surface area (TPSA) is 33.2 Å². The number of carbonyl (C=O) groups is 1. The van der Waals surface area contributed by atoms with Gasteiger partial charge in [0.1, 0.15) is 5.15 Å². The highest BCUT2D eigenvalue weighted by Gasteiger charge is 2.38. The zero-order valence-corrected chi connectivity index (χ0v) is 11.3. The summed E-state index contributed by atoms with van der Waals surface area (Å²) >= 11 is 5.91. The third-order valence-electron chi connectivity index (χ3n) is 4.18. The quantitative estimate of drug-likeness (QED) is 0.731. The summed E-state index contributed by atoms with van der Waals surface area (Å²) in [5.74, 6) is 1.57. The number of nitrogens with zero attached hydrogens (tertiary/aromatic N) is 2. The highest BCUT2D eigenvalue weighted by molar-refractivity contribution is 6.29. The third kappa shape index (κ3) is 2.12. The molecule has 1 aliphatic carbocycles. The Bertz CT molecular complexity index is 456. The first-order valence-electron chi connectivity index (χ1n) is 6.57. The predicted molar refractivity (Wildman–Crippen MR) is 70.7 cm³/mol. The van der Waals surface area contributed by atoms with Crippen LogP contribution in [-0.4, -0.2) is 28.9 Å². The van der Waals surface area contributed by atoms with E-state index in [0.29, 0.717) is 10.7 Å². The molecule has 0 aromatic carbocycles. The first-order chi connectivity index (χ1) is 8.63. The maximum absolute atomic E-state index is 12.4. The summed E-state index contributed by atoms with van der Waals surface area (Å²) < 4.78 is 0. The zero-order chi connectivity index (χ0) is 12.7. The molecular weight excluding hydrogens is 248 g/mol. The van der Waals surface area contributed by atoms with E-state index in [1.54, 1.807) is 6.07 Å². The average molecular weight is 265 g/mol. The summed E-state index contributed by atoms with van der Waals surface area (Å²) in [5, 5.41) is 0.401. The largest absolute Gasteiger partial charge is 0.338 e. The Morgan fingerprint density at radius 3 is 2.61 bits per heavy atom. The minimum absolute atomic E-state index is 0.108. The number of hydrogen-bond donors (Lipinski definition) is 0. The molecule has 2 heterocycles. The van der Waals surface area contributed by atoms with E-state index in [1.165, 1.54) is 19.3 Å². The van der Waals surface area contributed by atoms with Crippen LogP contribution >= 0.6 is 11.6 Å². The van der Waals surface area contributed by atoms with Gasteiger partial charge in [0.2, 0.25) is 0 Å². The number of pyridine rings is 1. The number of rotatable bonds is 1. The van der Waals surface area contributed by atoms with E-state index < -0.39 is 0 Å². The van der Waals surface area contributed by atoms with Crippen molar-refractivity contribution in [3.8, 4) is 0 Å². The van der Waals surface area contributed by atoms with Crippen LogP contribution in [0.4, 0.5) is 0 Å². The number of hydrogen-bond acceptors (Lipinski definition) is 2. The van der Waals surface area contributed by atoms with Gasteiger partial charge < -0.3 is 4.90 Å². The van der Waals surface area contributed by atoms with Crippen LogP contribution in [0.25, 0.3) is 0 Å². The summed E-state index contributed by atoms with van der Waals surface area (Å²) in [6, 6.07) is 3.49. The highest BCUT2D eigenvalue weighted by Crippen LogP contribution is 2.38. The fourth-order valence-corrected chi connectivity index (χ4v) is 3.59. The molecule has 96 valence electrons. The van der Waals surface area contributed by atoms with Crippen molar-refractivity contribution in [1.29, 1.82) is 0 Å². The van der Waals surface area contributed by atoms with Gasteiger partial charge in [0.15, 0.2) is 0 Å². The van der Waals surface area contributed by atoms with Crippen LogP contribution in [0.5, 0.6) is 0 Å². The van der Waals surface area contributed by atoms with Crippen LogP contribution < -0.4 is 0 Å². The number of halogens is 1. The van der Waals surface area contributed by atoms with E-state index in [-0.39, 0.29) is 5.91 Å². The van der Waals surface area contributed by atoms with Gasteiger partial charge in [-0.2, -0.15) is 0 Å². The lowest BCUT2D eigenvalue weighted by Crippen LogP contribution is -2.29. The average Bonchev–Trinajstić information content (AvgIpc) is 2.86. The first kappa shape index (κ1) is 12.0. The summed E-state index contributed by atoms with van der Waals surface area (Å²) in [6.45, 7) is 3.70. The van der Waals surface area contributed by atoms with Gasteiger partial charge >= 0.3 is 0 Å². The number of fused-ring (bicyclic) bond motifs is 1.